The van der Waals surface area contributed by atoms with Gasteiger partial charge in [0.05, 0.1) is 22.4 Å². The summed E-state index contributed by atoms with van der Waals surface area (Å²) in [5.41, 5.74) is 6.39. The van der Waals surface area contributed by atoms with Gasteiger partial charge in [-0.25, -0.2) is 0 Å². The van der Waals surface area contributed by atoms with Crippen LogP contribution in [0.1, 0.15) is 33.5 Å². The number of thiophene rings is 1. The van der Waals surface area contributed by atoms with Gasteiger partial charge in [0.1, 0.15) is 0 Å². The van der Waals surface area contributed by atoms with Crippen LogP contribution in [-0.4, -0.2) is 41.7 Å². The lowest BCUT2D eigenvalue weighted by Gasteiger charge is -2.16. The van der Waals surface area contributed by atoms with Gasteiger partial charge in [0.25, 0.3) is 5.91 Å². The van der Waals surface area contributed by atoms with Gasteiger partial charge in [-0.15, -0.1) is 11.3 Å². The van der Waals surface area contributed by atoms with Crippen molar-refractivity contribution in [2.24, 2.45) is 11.7 Å². The summed E-state index contributed by atoms with van der Waals surface area (Å²) in [4.78, 5) is 15.9. The lowest BCUT2D eigenvalue weighted by atomic mass is 10.0. The van der Waals surface area contributed by atoms with Crippen molar-refractivity contribution in [3.05, 3.63) is 21.4 Å². The first-order chi connectivity index (χ1) is 9.52. The second-order valence-electron chi connectivity index (χ2n) is 5.17. The van der Waals surface area contributed by atoms with Crippen LogP contribution in [0.3, 0.4) is 0 Å². The van der Waals surface area contributed by atoms with Crippen LogP contribution in [0.25, 0.3) is 0 Å². The van der Waals surface area contributed by atoms with E-state index in [-0.39, 0.29) is 17.9 Å². The highest BCUT2D eigenvalue weighted by atomic mass is 32.1. The quantitative estimate of drug-likeness (QED) is 0.805. The van der Waals surface area contributed by atoms with Gasteiger partial charge in [-0.2, -0.15) is 0 Å². The second kappa shape index (κ2) is 6.40. The molecular weight excluding hydrogens is 272 g/mol. The van der Waals surface area contributed by atoms with Gasteiger partial charge in [0, 0.05) is 19.0 Å². The third-order valence-corrected chi connectivity index (χ3v) is 4.77. The number of rotatable bonds is 2. The normalized spacial score (nSPS) is 19.6. The first-order valence-electron chi connectivity index (χ1n) is 6.79. The molecule has 2 atom stereocenters. The van der Waals surface area contributed by atoms with Crippen molar-refractivity contribution in [3.8, 4) is 11.8 Å². The van der Waals surface area contributed by atoms with Gasteiger partial charge in [0.15, 0.2) is 0 Å². The monoisotopic (exact) mass is 292 g/mol. The summed E-state index contributed by atoms with van der Waals surface area (Å²) in [7, 11) is 0. The number of amides is 1. The molecule has 4 nitrogen and oxygen atoms in total. The van der Waals surface area contributed by atoms with Crippen molar-refractivity contribution in [3.63, 3.8) is 0 Å². The average Bonchev–Trinajstić information content (AvgIpc) is 3.02. The Morgan fingerprint density at radius 1 is 1.70 bits per heavy atom. The average molecular weight is 292 g/mol. The highest BCUT2D eigenvalue weighted by molar-refractivity contribution is 7.14. The van der Waals surface area contributed by atoms with Gasteiger partial charge in [-0.3, -0.25) is 4.79 Å². The van der Waals surface area contributed by atoms with Gasteiger partial charge in [-0.1, -0.05) is 11.8 Å². The number of carbonyl (C=O) groups excluding carboxylic acids is 1. The predicted octanol–water partition coefficient (Wildman–Crippen LogP) is 1.21. The van der Waals surface area contributed by atoms with Crippen molar-refractivity contribution in [1.29, 1.82) is 0 Å². The number of hydrogen-bond donors (Lipinski definition) is 2. The largest absolute Gasteiger partial charge is 0.393 e. The Balaban J connectivity index is 2.10. The van der Waals surface area contributed by atoms with Crippen LogP contribution in [0.15, 0.2) is 6.07 Å². The lowest BCUT2D eigenvalue weighted by Crippen LogP contribution is -2.29. The molecule has 5 heteroatoms. The Hall–Kier alpha value is -1.35. The fourth-order valence-corrected chi connectivity index (χ4v) is 3.38. The van der Waals surface area contributed by atoms with Gasteiger partial charge >= 0.3 is 0 Å². The third-order valence-electron chi connectivity index (χ3n) is 3.63. The molecule has 1 fully saturated rings. The fraction of sp³-hybridized carbons (Fsp3) is 0.533. The molecule has 2 rings (SSSR count). The van der Waals surface area contributed by atoms with E-state index in [1.165, 1.54) is 11.3 Å². The first kappa shape index (κ1) is 15.0. The third kappa shape index (κ3) is 3.21. The Bertz CT molecular complexity index is 554. The molecule has 0 aliphatic carbocycles. The molecule has 0 radical (unpaired) electrons. The van der Waals surface area contributed by atoms with E-state index in [0.717, 1.165) is 28.3 Å². The van der Waals surface area contributed by atoms with Crippen LogP contribution in [0.2, 0.25) is 0 Å². The SMILES string of the molecule is Cc1cc(C(=O)N2CCC(C(C)O)C2)sc1C#CCN. The molecule has 3 N–H and O–H groups in total. The number of aryl methyl sites for hydroxylation is 1. The molecule has 1 aromatic heterocycles. The summed E-state index contributed by atoms with van der Waals surface area (Å²) in [5.74, 6) is 6.05. The number of nitrogens with two attached hydrogens (primary N) is 1. The molecule has 0 aromatic carbocycles. The minimum absolute atomic E-state index is 0.0436. The van der Waals surface area contributed by atoms with Gasteiger partial charge < -0.3 is 15.7 Å². The number of nitrogens with zero attached hydrogens (tertiary/aromatic N) is 1. The number of likely N-dealkylation sites (tertiary alicyclic amines) is 1. The molecule has 1 saturated heterocycles. The maximum absolute atomic E-state index is 12.4. The number of hydrogen-bond acceptors (Lipinski definition) is 4. The van der Waals surface area contributed by atoms with Gasteiger partial charge in [-0.05, 0) is 31.9 Å². The summed E-state index contributed by atoms with van der Waals surface area (Å²) < 4.78 is 0. The Labute approximate surface area is 123 Å². The number of aliphatic hydroxyl groups is 1. The molecule has 20 heavy (non-hydrogen) atoms. The second-order valence-corrected chi connectivity index (χ2v) is 6.22. The van der Waals surface area contributed by atoms with E-state index in [0.29, 0.717) is 13.1 Å². The predicted molar refractivity (Wildman–Crippen MR) is 80.7 cm³/mol. The summed E-state index contributed by atoms with van der Waals surface area (Å²) in [5, 5.41) is 9.60. The highest BCUT2D eigenvalue weighted by Crippen LogP contribution is 2.26. The van der Waals surface area contributed by atoms with E-state index >= 15 is 0 Å². The van der Waals surface area contributed by atoms with Crippen molar-refractivity contribution in [2.45, 2.75) is 26.4 Å². The van der Waals surface area contributed by atoms with E-state index in [1.807, 2.05) is 17.9 Å². The summed E-state index contributed by atoms with van der Waals surface area (Å²) >= 11 is 1.42. The molecule has 108 valence electrons. The fourth-order valence-electron chi connectivity index (χ4n) is 2.36. The first-order valence-corrected chi connectivity index (χ1v) is 7.61. The minimum Gasteiger partial charge on any atom is -0.393 e. The molecule has 1 aromatic rings. The molecule has 0 spiro atoms. The van der Waals surface area contributed by atoms with E-state index in [1.54, 1.807) is 6.92 Å². The standard InChI is InChI=1S/C15H20N2O2S/c1-10-8-14(20-13(10)4-3-6-16)15(19)17-7-5-12(9-17)11(2)18/h8,11-12,18H,5-7,9,16H2,1-2H3. The molecule has 0 bridgehead atoms. The zero-order chi connectivity index (χ0) is 14.7. The summed E-state index contributed by atoms with van der Waals surface area (Å²) in [6.07, 6.45) is 0.511. The van der Waals surface area contributed by atoms with E-state index < -0.39 is 0 Å². The zero-order valence-electron chi connectivity index (χ0n) is 11.8. The molecule has 1 aliphatic rings. The van der Waals surface area contributed by atoms with Crippen molar-refractivity contribution >= 4 is 17.2 Å². The smallest absolute Gasteiger partial charge is 0.263 e. The molecular formula is C15H20N2O2S. The van der Waals surface area contributed by atoms with Crippen LogP contribution in [0.5, 0.6) is 0 Å². The van der Waals surface area contributed by atoms with Crippen LogP contribution >= 0.6 is 11.3 Å². The maximum Gasteiger partial charge on any atom is 0.263 e. The summed E-state index contributed by atoms with van der Waals surface area (Å²) in [6.45, 7) is 5.42. The topological polar surface area (TPSA) is 66.6 Å². The highest BCUT2D eigenvalue weighted by Gasteiger charge is 2.30. The lowest BCUT2D eigenvalue weighted by molar-refractivity contribution is 0.0767. The van der Waals surface area contributed by atoms with Crippen LogP contribution in [0.4, 0.5) is 0 Å². The van der Waals surface area contributed by atoms with E-state index in [4.69, 9.17) is 5.73 Å². The van der Waals surface area contributed by atoms with Crippen LogP contribution < -0.4 is 5.73 Å². The van der Waals surface area contributed by atoms with Crippen LogP contribution in [-0.2, 0) is 0 Å². The number of carbonyl (C=O) groups is 1. The summed E-state index contributed by atoms with van der Waals surface area (Å²) in [6, 6.07) is 1.89. The number of aliphatic hydroxyl groups excluding tert-OH is 1. The van der Waals surface area contributed by atoms with E-state index in [9.17, 15) is 9.90 Å². The van der Waals surface area contributed by atoms with Gasteiger partial charge in [0.2, 0.25) is 0 Å². The minimum atomic E-state index is -0.358. The molecule has 1 aliphatic heterocycles. The van der Waals surface area contributed by atoms with Crippen molar-refractivity contribution < 1.29 is 9.90 Å². The Morgan fingerprint density at radius 3 is 3.05 bits per heavy atom. The van der Waals surface area contributed by atoms with E-state index in [2.05, 4.69) is 11.8 Å². The van der Waals surface area contributed by atoms with Crippen molar-refractivity contribution in [2.75, 3.05) is 19.6 Å². The zero-order valence-corrected chi connectivity index (χ0v) is 12.7. The maximum atomic E-state index is 12.4. The van der Waals surface area contributed by atoms with Crippen molar-refractivity contribution in [1.82, 2.24) is 4.90 Å². The Morgan fingerprint density at radius 2 is 2.45 bits per heavy atom. The molecule has 2 heterocycles. The molecule has 1 amide bonds. The van der Waals surface area contributed by atoms with Crippen LogP contribution in [0, 0.1) is 24.7 Å². The Kier molecular flexibility index (Phi) is 4.81. The molecule has 2 unspecified atom stereocenters. The molecule has 0 saturated carbocycles.